The molecule has 0 N–H and O–H groups in total. The molecule has 8 nitrogen and oxygen atoms in total. The van der Waals surface area contributed by atoms with E-state index in [1.165, 1.54) is 9.80 Å². The Morgan fingerprint density at radius 2 is 0.784 bits per heavy atom. The zero-order valence-corrected chi connectivity index (χ0v) is 19.6. The van der Waals surface area contributed by atoms with Gasteiger partial charge in [-0.3, -0.25) is 19.2 Å². The number of fused-ring (bicyclic) bond motifs is 10. The highest BCUT2D eigenvalue weighted by molar-refractivity contribution is 6.23. The minimum Gasteiger partial charge on any atom is -0.365 e. The van der Waals surface area contributed by atoms with E-state index in [1.807, 2.05) is 72.8 Å². The van der Waals surface area contributed by atoms with Crippen LogP contribution >= 0.6 is 0 Å². The highest BCUT2D eigenvalue weighted by Gasteiger charge is 2.62. The molecule has 37 heavy (non-hydrogen) atoms. The molecule has 6 aliphatic rings. The number of benzene rings is 2. The lowest BCUT2D eigenvalue weighted by Crippen LogP contribution is -2.34. The molecule has 8 atom stereocenters. The van der Waals surface area contributed by atoms with Gasteiger partial charge in [0.25, 0.3) is 0 Å². The van der Waals surface area contributed by atoms with E-state index in [-0.39, 0.29) is 48.0 Å². The summed E-state index contributed by atoms with van der Waals surface area (Å²) in [7, 11) is 0. The van der Waals surface area contributed by atoms with Crippen LogP contribution < -0.4 is 9.80 Å². The molecule has 0 aliphatic carbocycles. The van der Waals surface area contributed by atoms with E-state index in [0.717, 1.165) is 11.1 Å². The Bertz CT molecular complexity index is 1270. The van der Waals surface area contributed by atoms with Gasteiger partial charge < -0.3 is 9.47 Å². The third-order valence-corrected chi connectivity index (χ3v) is 8.62. The topological polar surface area (TPSA) is 93.2 Å². The second kappa shape index (κ2) is 7.34. The van der Waals surface area contributed by atoms with Crippen LogP contribution in [0, 0.1) is 23.7 Å². The van der Waals surface area contributed by atoms with Gasteiger partial charge in [-0.15, -0.1) is 0 Å². The second-order valence-corrected chi connectivity index (χ2v) is 10.5. The number of imide groups is 2. The number of anilines is 2. The number of carbonyl (C=O) groups is 4. The van der Waals surface area contributed by atoms with E-state index >= 15 is 0 Å². The van der Waals surface area contributed by atoms with Crippen molar-refractivity contribution in [3.05, 3.63) is 84.0 Å². The van der Waals surface area contributed by atoms with Gasteiger partial charge in [0.15, 0.2) is 0 Å². The van der Waals surface area contributed by atoms with Crippen LogP contribution in [0.1, 0.15) is 11.1 Å². The Morgan fingerprint density at radius 1 is 0.486 bits per heavy atom. The zero-order valence-electron chi connectivity index (χ0n) is 19.6. The number of ether oxygens (including phenoxy) is 2. The van der Waals surface area contributed by atoms with E-state index in [2.05, 4.69) is 0 Å². The van der Waals surface area contributed by atoms with Gasteiger partial charge >= 0.3 is 0 Å². The molecule has 8 heteroatoms. The molecule has 184 valence electrons. The molecular formula is C29H22N2O6. The predicted molar refractivity (Wildman–Crippen MR) is 130 cm³/mol. The predicted octanol–water partition coefficient (Wildman–Crippen LogP) is 2.16. The van der Waals surface area contributed by atoms with Crippen LogP contribution in [-0.4, -0.2) is 48.0 Å². The first-order valence-corrected chi connectivity index (χ1v) is 12.6. The third-order valence-electron chi connectivity index (χ3n) is 8.62. The smallest absolute Gasteiger partial charge is 0.240 e. The molecule has 6 aliphatic heterocycles. The van der Waals surface area contributed by atoms with Gasteiger partial charge in [0, 0.05) is 0 Å². The largest absolute Gasteiger partial charge is 0.365 e. The van der Waals surface area contributed by atoms with Crippen molar-refractivity contribution in [2.45, 2.75) is 30.8 Å². The number of hydrogen-bond acceptors (Lipinski definition) is 6. The van der Waals surface area contributed by atoms with Crippen LogP contribution in [0.25, 0.3) is 0 Å². The zero-order chi connectivity index (χ0) is 25.0. The molecule has 4 bridgehead atoms. The summed E-state index contributed by atoms with van der Waals surface area (Å²) in [4.78, 5) is 54.5. The fourth-order valence-corrected chi connectivity index (χ4v) is 6.88. The Kier molecular flexibility index (Phi) is 4.21. The number of amides is 4. The second-order valence-electron chi connectivity index (χ2n) is 10.5. The lowest BCUT2D eigenvalue weighted by atomic mass is 9.85. The monoisotopic (exact) mass is 494 g/mol. The highest BCUT2D eigenvalue weighted by atomic mass is 16.5. The number of rotatable bonds is 4. The molecule has 4 fully saturated rings. The van der Waals surface area contributed by atoms with Crippen molar-refractivity contribution < 1.29 is 28.7 Å². The van der Waals surface area contributed by atoms with Crippen LogP contribution in [-0.2, 0) is 35.1 Å². The van der Waals surface area contributed by atoms with E-state index in [4.69, 9.17) is 9.47 Å². The van der Waals surface area contributed by atoms with Gasteiger partial charge in [0.1, 0.15) is 0 Å². The van der Waals surface area contributed by atoms with Crippen LogP contribution in [0.2, 0.25) is 0 Å². The molecule has 4 saturated heterocycles. The summed E-state index contributed by atoms with van der Waals surface area (Å²) in [6, 6.07) is 14.9. The molecule has 0 aromatic heterocycles. The first-order valence-electron chi connectivity index (χ1n) is 12.6. The Morgan fingerprint density at radius 3 is 1.08 bits per heavy atom. The number of nitrogens with zero attached hydrogens (tertiary/aromatic N) is 2. The molecular weight excluding hydrogens is 472 g/mol. The highest BCUT2D eigenvalue weighted by Crippen LogP contribution is 2.47. The fraction of sp³-hybridized carbons (Fsp3) is 0.310. The Hall–Kier alpha value is -3.88. The standard InChI is InChI=1S/C29H22N2O6/c32-26-22-18-9-10-19(36-18)23(22)27(33)30(26)16-5-1-14(2-6-16)13-15-3-7-17(8-4-15)31-28(34)24-20-11-12-21(37-20)25(24)29(31)35/h1-12,18-25H,13H2. The quantitative estimate of drug-likeness (QED) is 0.478. The molecule has 2 aromatic rings. The average molecular weight is 495 g/mol. The summed E-state index contributed by atoms with van der Waals surface area (Å²) >= 11 is 0. The van der Waals surface area contributed by atoms with Crippen molar-refractivity contribution in [3.63, 3.8) is 0 Å². The molecule has 0 saturated carbocycles. The Balaban J connectivity index is 0.973. The SMILES string of the molecule is O=C1C2C3C=CC(O3)C2C(=O)N1c1ccc(Cc2ccc(N3C(=O)C4C5C=CC(O5)C4C3=O)cc2)cc1. The molecule has 8 unspecified atom stereocenters. The van der Waals surface area contributed by atoms with Gasteiger partial charge in [-0.2, -0.15) is 0 Å². The van der Waals surface area contributed by atoms with E-state index in [0.29, 0.717) is 17.8 Å². The third kappa shape index (κ3) is 2.79. The van der Waals surface area contributed by atoms with Gasteiger partial charge in [0.2, 0.25) is 23.6 Å². The summed E-state index contributed by atoms with van der Waals surface area (Å²) in [5.74, 6) is -2.47. The maximum atomic E-state index is 13.0. The molecule has 6 heterocycles. The van der Waals surface area contributed by atoms with Crippen LogP contribution in [0.4, 0.5) is 11.4 Å². The van der Waals surface area contributed by atoms with Gasteiger partial charge in [-0.25, -0.2) is 9.80 Å². The summed E-state index contributed by atoms with van der Waals surface area (Å²) in [5.41, 5.74) is 3.19. The minimum absolute atomic E-state index is 0.194. The molecule has 4 amide bonds. The van der Waals surface area contributed by atoms with E-state index in [1.54, 1.807) is 0 Å². The maximum absolute atomic E-state index is 13.0. The maximum Gasteiger partial charge on any atom is 0.240 e. The van der Waals surface area contributed by atoms with Crippen molar-refractivity contribution >= 4 is 35.0 Å². The first kappa shape index (κ1) is 21.2. The van der Waals surface area contributed by atoms with Gasteiger partial charge in [-0.1, -0.05) is 48.6 Å². The number of hydrogen-bond donors (Lipinski definition) is 0. The van der Waals surface area contributed by atoms with Crippen LogP contribution in [0.15, 0.2) is 72.8 Å². The van der Waals surface area contributed by atoms with Crippen molar-refractivity contribution in [2.24, 2.45) is 23.7 Å². The average Bonchev–Trinajstić information content (AvgIpc) is 3.74. The summed E-state index contributed by atoms with van der Waals surface area (Å²) in [6.45, 7) is 0. The van der Waals surface area contributed by atoms with Gasteiger partial charge in [-0.05, 0) is 41.8 Å². The van der Waals surface area contributed by atoms with Crippen LogP contribution in [0.5, 0.6) is 0 Å². The summed E-state index contributed by atoms with van der Waals surface area (Å²) in [6.07, 6.45) is 6.95. The lowest BCUT2D eigenvalue weighted by Gasteiger charge is -2.18. The Labute approximate surface area is 212 Å². The normalized spacial score (nSPS) is 36.4. The molecule has 8 rings (SSSR count). The summed E-state index contributed by atoms with van der Waals surface area (Å²) in [5, 5.41) is 0. The van der Waals surface area contributed by atoms with Crippen molar-refractivity contribution in [3.8, 4) is 0 Å². The molecule has 0 spiro atoms. The van der Waals surface area contributed by atoms with Crippen molar-refractivity contribution in [2.75, 3.05) is 9.80 Å². The molecule has 0 radical (unpaired) electrons. The lowest BCUT2D eigenvalue weighted by molar-refractivity contribution is -0.126. The first-order chi connectivity index (χ1) is 18.0. The summed E-state index contributed by atoms with van der Waals surface area (Å²) < 4.78 is 11.4. The number of carbonyl (C=O) groups excluding carboxylic acids is 4. The minimum atomic E-state index is -0.423. The van der Waals surface area contributed by atoms with E-state index < -0.39 is 23.7 Å². The van der Waals surface area contributed by atoms with Gasteiger partial charge in [0.05, 0.1) is 59.5 Å². The van der Waals surface area contributed by atoms with E-state index in [9.17, 15) is 19.2 Å². The fourth-order valence-electron chi connectivity index (χ4n) is 6.88. The van der Waals surface area contributed by atoms with Crippen molar-refractivity contribution in [1.82, 2.24) is 0 Å². The van der Waals surface area contributed by atoms with Crippen molar-refractivity contribution in [1.29, 1.82) is 0 Å². The van der Waals surface area contributed by atoms with Crippen LogP contribution in [0.3, 0.4) is 0 Å². The molecule has 2 aromatic carbocycles.